The highest BCUT2D eigenvalue weighted by Crippen LogP contribution is 1.82. The number of amides is 1. The molecule has 1 aliphatic heterocycles. The number of carbonyl (C=O) groups is 1. The third-order valence-electron chi connectivity index (χ3n) is 0.854. The van der Waals surface area contributed by atoms with Crippen molar-refractivity contribution in [3.63, 3.8) is 0 Å². The van der Waals surface area contributed by atoms with Gasteiger partial charge in [0.15, 0.2) is 0 Å². The number of hydrogen-bond acceptors (Lipinski definition) is 3. The van der Waals surface area contributed by atoms with Gasteiger partial charge in [-0.2, -0.15) is 5.10 Å². The highest BCUT2D eigenvalue weighted by Gasteiger charge is 2.02. The minimum absolute atomic E-state index is 0.122. The van der Waals surface area contributed by atoms with E-state index in [9.17, 15) is 4.79 Å². The van der Waals surface area contributed by atoms with Gasteiger partial charge in [0.05, 0.1) is 0 Å². The van der Waals surface area contributed by atoms with Gasteiger partial charge in [-0.1, -0.05) is 0 Å². The standard InChI is InChI=1S/C4H7N3O/c1-7-3-5-4(8)2-6-7/h2H,3H2,1H3,(H,5,8). The lowest BCUT2D eigenvalue weighted by Crippen LogP contribution is -2.38. The van der Waals surface area contributed by atoms with Crippen LogP contribution in [0.15, 0.2) is 5.10 Å². The number of nitrogens with zero attached hydrogens (tertiary/aromatic N) is 2. The molecule has 8 heavy (non-hydrogen) atoms. The first kappa shape index (κ1) is 5.08. The molecule has 1 amide bonds. The van der Waals surface area contributed by atoms with E-state index in [1.54, 1.807) is 12.1 Å². The molecule has 0 saturated carbocycles. The van der Waals surface area contributed by atoms with Gasteiger partial charge in [0, 0.05) is 7.05 Å². The lowest BCUT2D eigenvalue weighted by atomic mass is 10.6. The lowest BCUT2D eigenvalue weighted by Gasteiger charge is -2.15. The Morgan fingerprint density at radius 3 is 3.12 bits per heavy atom. The molecule has 0 saturated heterocycles. The van der Waals surface area contributed by atoms with E-state index in [1.807, 2.05) is 0 Å². The minimum atomic E-state index is -0.122. The molecule has 0 unspecified atom stereocenters. The van der Waals surface area contributed by atoms with Crippen molar-refractivity contribution in [1.82, 2.24) is 10.3 Å². The summed E-state index contributed by atoms with van der Waals surface area (Å²) in [5.41, 5.74) is 0. The first-order valence-electron chi connectivity index (χ1n) is 2.32. The van der Waals surface area contributed by atoms with Crippen molar-refractivity contribution >= 4 is 12.1 Å². The average Bonchev–Trinajstić information content (AvgIpc) is 1.77. The highest BCUT2D eigenvalue weighted by molar-refractivity contribution is 6.26. The third-order valence-corrected chi connectivity index (χ3v) is 0.854. The molecule has 0 radical (unpaired) electrons. The minimum Gasteiger partial charge on any atom is -0.332 e. The van der Waals surface area contributed by atoms with Crippen LogP contribution >= 0.6 is 0 Å². The zero-order valence-corrected chi connectivity index (χ0v) is 4.59. The fourth-order valence-electron chi connectivity index (χ4n) is 0.430. The maximum Gasteiger partial charge on any atom is 0.265 e. The number of hydrazone groups is 1. The van der Waals surface area contributed by atoms with Crippen LogP contribution in [0.2, 0.25) is 0 Å². The molecule has 0 aromatic rings. The van der Waals surface area contributed by atoms with Crippen LogP contribution in [0.3, 0.4) is 0 Å². The molecule has 0 aromatic heterocycles. The second kappa shape index (κ2) is 1.81. The number of hydrogen-bond donors (Lipinski definition) is 1. The van der Waals surface area contributed by atoms with Crippen molar-refractivity contribution in [1.29, 1.82) is 0 Å². The zero-order valence-electron chi connectivity index (χ0n) is 4.59. The second-order valence-corrected chi connectivity index (χ2v) is 1.60. The lowest BCUT2D eigenvalue weighted by molar-refractivity contribution is -0.115. The Labute approximate surface area is 47.2 Å². The zero-order chi connectivity index (χ0) is 5.98. The summed E-state index contributed by atoms with van der Waals surface area (Å²) >= 11 is 0. The molecule has 1 heterocycles. The average molecular weight is 113 g/mol. The predicted octanol–water partition coefficient (Wildman–Crippen LogP) is -1.01. The van der Waals surface area contributed by atoms with Gasteiger partial charge < -0.3 is 5.32 Å². The van der Waals surface area contributed by atoms with Gasteiger partial charge in [0.2, 0.25) is 0 Å². The Kier molecular flexibility index (Phi) is 1.15. The van der Waals surface area contributed by atoms with E-state index in [1.165, 1.54) is 6.21 Å². The summed E-state index contributed by atoms with van der Waals surface area (Å²) < 4.78 is 0. The summed E-state index contributed by atoms with van der Waals surface area (Å²) in [6.45, 7) is 0.509. The molecule has 4 heteroatoms. The van der Waals surface area contributed by atoms with Crippen molar-refractivity contribution in [2.24, 2.45) is 5.10 Å². The molecule has 0 aliphatic carbocycles. The van der Waals surface area contributed by atoms with Crippen molar-refractivity contribution in [3.05, 3.63) is 0 Å². The number of nitrogens with one attached hydrogen (secondary N) is 1. The van der Waals surface area contributed by atoms with Gasteiger partial charge in [0.25, 0.3) is 5.91 Å². The predicted molar refractivity (Wildman–Crippen MR) is 29.3 cm³/mol. The Bertz CT molecular complexity index is 131. The van der Waals surface area contributed by atoms with E-state index in [2.05, 4.69) is 10.4 Å². The Morgan fingerprint density at radius 2 is 2.75 bits per heavy atom. The summed E-state index contributed by atoms with van der Waals surface area (Å²) in [5.74, 6) is -0.122. The van der Waals surface area contributed by atoms with Gasteiger partial charge in [-0.15, -0.1) is 0 Å². The van der Waals surface area contributed by atoms with Crippen molar-refractivity contribution in [2.45, 2.75) is 0 Å². The maximum atomic E-state index is 10.3. The Balaban J connectivity index is 2.55. The first-order chi connectivity index (χ1) is 3.79. The molecule has 0 aromatic carbocycles. The van der Waals surface area contributed by atoms with Crippen LogP contribution in [-0.4, -0.2) is 30.8 Å². The molecule has 0 fully saturated rings. The molecule has 4 nitrogen and oxygen atoms in total. The molecule has 1 aliphatic rings. The second-order valence-electron chi connectivity index (χ2n) is 1.60. The van der Waals surface area contributed by atoms with Crippen molar-refractivity contribution in [2.75, 3.05) is 13.7 Å². The molecule has 44 valence electrons. The van der Waals surface area contributed by atoms with Gasteiger partial charge in [0.1, 0.15) is 12.9 Å². The van der Waals surface area contributed by atoms with E-state index in [0.29, 0.717) is 6.67 Å². The number of rotatable bonds is 0. The summed E-state index contributed by atoms with van der Waals surface area (Å²) in [7, 11) is 1.79. The third kappa shape index (κ3) is 0.959. The van der Waals surface area contributed by atoms with E-state index in [-0.39, 0.29) is 5.91 Å². The van der Waals surface area contributed by atoms with Crippen LogP contribution < -0.4 is 5.32 Å². The maximum absolute atomic E-state index is 10.3. The summed E-state index contributed by atoms with van der Waals surface area (Å²) in [5, 5.41) is 7.92. The van der Waals surface area contributed by atoms with Crippen LogP contribution in [0.4, 0.5) is 0 Å². The van der Waals surface area contributed by atoms with Gasteiger partial charge >= 0.3 is 0 Å². The summed E-state index contributed by atoms with van der Waals surface area (Å²) in [4.78, 5) is 10.3. The van der Waals surface area contributed by atoms with Crippen LogP contribution in [0.1, 0.15) is 0 Å². The van der Waals surface area contributed by atoms with E-state index in [0.717, 1.165) is 0 Å². The molecular formula is C4H7N3O. The molecular weight excluding hydrogens is 106 g/mol. The smallest absolute Gasteiger partial charge is 0.265 e. The van der Waals surface area contributed by atoms with Gasteiger partial charge in [-0.05, 0) is 0 Å². The monoisotopic (exact) mass is 113 g/mol. The van der Waals surface area contributed by atoms with E-state index >= 15 is 0 Å². The van der Waals surface area contributed by atoms with Crippen LogP contribution in [-0.2, 0) is 4.79 Å². The van der Waals surface area contributed by atoms with Gasteiger partial charge in [-0.3, -0.25) is 9.80 Å². The topological polar surface area (TPSA) is 44.7 Å². The molecule has 1 N–H and O–H groups in total. The molecule has 0 spiro atoms. The molecule has 0 atom stereocenters. The molecule has 1 rings (SSSR count). The van der Waals surface area contributed by atoms with Crippen molar-refractivity contribution < 1.29 is 4.79 Å². The fraction of sp³-hybridized carbons (Fsp3) is 0.500. The normalized spacial score (nSPS) is 18.6. The van der Waals surface area contributed by atoms with E-state index in [4.69, 9.17) is 0 Å². The van der Waals surface area contributed by atoms with Crippen molar-refractivity contribution in [3.8, 4) is 0 Å². The SMILES string of the molecule is CN1CNC(=O)C=N1. The highest BCUT2D eigenvalue weighted by atomic mass is 16.2. The van der Waals surface area contributed by atoms with E-state index < -0.39 is 0 Å². The number of carbonyl (C=O) groups excluding carboxylic acids is 1. The largest absolute Gasteiger partial charge is 0.332 e. The summed E-state index contributed by atoms with van der Waals surface area (Å²) in [6.07, 6.45) is 1.25. The quantitative estimate of drug-likeness (QED) is 0.437. The fourth-order valence-corrected chi connectivity index (χ4v) is 0.430. The summed E-state index contributed by atoms with van der Waals surface area (Å²) in [6, 6.07) is 0. The van der Waals surface area contributed by atoms with Crippen LogP contribution in [0.5, 0.6) is 0 Å². The van der Waals surface area contributed by atoms with Crippen LogP contribution in [0, 0.1) is 0 Å². The Hall–Kier alpha value is -1.06. The Morgan fingerprint density at radius 1 is 2.00 bits per heavy atom. The first-order valence-corrected chi connectivity index (χ1v) is 2.32. The van der Waals surface area contributed by atoms with Gasteiger partial charge in [-0.25, -0.2) is 0 Å². The molecule has 0 bridgehead atoms. The van der Waals surface area contributed by atoms with Crippen LogP contribution in [0.25, 0.3) is 0 Å².